The highest BCUT2D eigenvalue weighted by Crippen LogP contribution is 2.27. The molecule has 0 aliphatic rings. The lowest BCUT2D eigenvalue weighted by Gasteiger charge is -2.18. The zero-order chi connectivity index (χ0) is 21.5. The van der Waals surface area contributed by atoms with Crippen LogP contribution in [0.2, 0.25) is 0 Å². The van der Waals surface area contributed by atoms with Gasteiger partial charge in [-0.1, -0.05) is 54.2 Å². The molecule has 0 radical (unpaired) electrons. The minimum Gasteiger partial charge on any atom is -0.461 e. The number of amides is 1. The van der Waals surface area contributed by atoms with Gasteiger partial charge in [0.1, 0.15) is 0 Å². The largest absolute Gasteiger partial charge is 0.461 e. The topological polar surface area (TPSA) is 73.0 Å². The molecule has 0 aliphatic carbocycles. The molecule has 1 N–H and O–H groups in total. The van der Waals surface area contributed by atoms with Crippen LogP contribution in [-0.2, 0) is 11.3 Å². The van der Waals surface area contributed by atoms with Crippen molar-refractivity contribution < 1.29 is 9.21 Å². The summed E-state index contributed by atoms with van der Waals surface area (Å²) >= 11 is 3.13. The van der Waals surface area contributed by atoms with E-state index in [4.69, 9.17) is 4.42 Å². The van der Waals surface area contributed by atoms with Crippen LogP contribution in [0.4, 0.5) is 0 Å². The number of thiophene rings is 1. The maximum atomic E-state index is 12.7. The Bertz CT molecular complexity index is 1110. The molecule has 4 rings (SSSR count). The minimum atomic E-state index is -0.145. The van der Waals surface area contributed by atoms with Crippen molar-refractivity contribution in [1.29, 1.82) is 0 Å². The summed E-state index contributed by atoms with van der Waals surface area (Å²) in [6, 6.07) is 17.6. The molecule has 1 amide bonds. The fraction of sp³-hybridized carbons (Fsp3) is 0.174. The third-order valence-electron chi connectivity index (χ3n) is 4.60. The minimum absolute atomic E-state index is 0.00389. The van der Waals surface area contributed by atoms with Crippen molar-refractivity contribution in [3.05, 3.63) is 89.3 Å². The van der Waals surface area contributed by atoms with Crippen LogP contribution in [0, 0.1) is 0 Å². The van der Waals surface area contributed by atoms with Crippen molar-refractivity contribution in [3.63, 3.8) is 0 Å². The summed E-state index contributed by atoms with van der Waals surface area (Å²) in [5, 5.41) is 14.5. The summed E-state index contributed by atoms with van der Waals surface area (Å²) in [5.74, 6) is 1.89. The predicted octanol–water partition coefficient (Wildman–Crippen LogP) is 5.17. The number of rotatable bonds is 10. The fourth-order valence-corrected chi connectivity index (χ4v) is 4.85. The number of aromatic nitrogens is 3. The second-order valence-electron chi connectivity index (χ2n) is 6.71. The summed E-state index contributed by atoms with van der Waals surface area (Å²) < 4.78 is 7.39. The van der Waals surface area contributed by atoms with Gasteiger partial charge in [0, 0.05) is 23.6 Å². The van der Waals surface area contributed by atoms with Crippen LogP contribution in [0.5, 0.6) is 0 Å². The summed E-state index contributed by atoms with van der Waals surface area (Å²) in [4.78, 5) is 13.8. The van der Waals surface area contributed by atoms with Crippen LogP contribution in [0.1, 0.15) is 22.9 Å². The third kappa shape index (κ3) is 5.15. The molecule has 0 aliphatic heterocycles. The fourth-order valence-electron chi connectivity index (χ4n) is 3.17. The first-order valence-electron chi connectivity index (χ1n) is 9.84. The van der Waals surface area contributed by atoms with Crippen LogP contribution in [-0.4, -0.2) is 26.4 Å². The quantitative estimate of drug-likeness (QED) is 0.266. The molecule has 31 heavy (non-hydrogen) atoms. The van der Waals surface area contributed by atoms with Crippen molar-refractivity contribution in [2.24, 2.45) is 0 Å². The Morgan fingerprint density at radius 1 is 1.19 bits per heavy atom. The average molecular weight is 451 g/mol. The number of nitrogens with one attached hydrogen (secondary N) is 1. The van der Waals surface area contributed by atoms with Gasteiger partial charge in [-0.25, -0.2) is 0 Å². The molecule has 0 bridgehead atoms. The number of hydrogen-bond acceptors (Lipinski definition) is 6. The third-order valence-corrected chi connectivity index (χ3v) is 6.50. The number of hydrogen-bond donors (Lipinski definition) is 1. The Morgan fingerprint density at radius 3 is 2.77 bits per heavy atom. The summed E-state index contributed by atoms with van der Waals surface area (Å²) in [7, 11) is 0. The van der Waals surface area contributed by atoms with Crippen LogP contribution >= 0.6 is 23.1 Å². The molecular formula is C23H22N4O2S2. The highest BCUT2D eigenvalue weighted by Gasteiger charge is 2.19. The molecule has 0 saturated heterocycles. The molecule has 0 spiro atoms. The first-order chi connectivity index (χ1) is 15.3. The van der Waals surface area contributed by atoms with Crippen molar-refractivity contribution >= 4 is 29.0 Å². The van der Waals surface area contributed by atoms with Gasteiger partial charge in [-0.05, 0) is 29.1 Å². The standard InChI is InChI=1S/C23H22N4O2S2/c1-2-13-27-22(18-10-6-14-29-18)25-26-23(27)31-16-12-20(28)24-21(19-11-7-15-30-19)17-8-4-3-5-9-17/h2-11,14-15,21H,1,12-13,16H2,(H,24,28). The van der Waals surface area contributed by atoms with Crippen LogP contribution in [0.25, 0.3) is 11.6 Å². The van der Waals surface area contributed by atoms with Gasteiger partial charge in [0.05, 0.1) is 12.3 Å². The molecule has 4 aromatic rings. The van der Waals surface area contributed by atoms with Crippen molar-refractivity contribution in [2.45, 2.75) is 24.2 Å². The second-order valence-corrected chi connectivity index (χ2v) is 8.75. The summed E-state index contributed by atoms with van der Waals surface area (Å²) in [6.45, 7) is 4.38. The van der Waals surface area contributed by atoms with E-state index in [1.54, 1.807) is 23.7 Å². The van der Waals surface area contributed by atoms with E-state index >= 15 is 0 Å². The highest BCUT2D eigenvalue weighted by atomic mass is 32.2. The lowest BCUT2D eigenvalue weighted by Crippen LogP contribution is -2.29. The Morgan fingerprint density at radius 2 is 2.06 bits per heavy atom. The Labute approximate surface area is 189 Å². The van der Waals surface area contributed by atoms with Gasteiger partial charge < -0.3 is 9.73 Å². The van der Waals surface area contributed by atoms with Gasteiger partial charge in [-0.3, -0.25) is 9.36 Å². The van der Waals surface area contributed by atoms with E-state index in [2.05, 4.69) is 22.1 Å². The van der Waals surface area contributed by atoms with Gasteiger partial charge >= 0.3 is 0 Å². The number of nitrogens with zero attached hydrogens (tertiary/aromatic N) is 3. The Balaban J connectivity index is 1.39. The second kappa shape index (κ2) is 10.3. The number of carbonyl (C=O) groups is 1. The van der Waals surface area contributed by atoms with E-state index in [-0.39, 0.29) is 11.9 Å². The maximum absolute atomic E-state index is 12.7. The number of allylic oxidation sites excluding steroid dienone is 1. The van der Waals surface area contributed by atoms with Crippen LogP contribution < -0.4 is 5.32 Å². The smallest absolute Gasteiger partial charge is 0.221 e. The van der Waals surface area contributed by atoms with Gasteiger partial charge in [0.2, 0.25) is 11.7 Å². The first-order valence-corrected chi connectivity index (χ1v) is 11.7. The van der Waals surface area contributed by atoms with Crippen LogP contribution in [0.15, 0.2) is 88.5 Å². The van der Waals surface area contributed by atoms with Crippen molar-refractivity contribution in [3.8, 4) is 11.6 Å². The van der Waals surface area contributed by atoms with Crippen molar-refractivity contribution in [1.82, 2.24) is 20.1 Å². The molecule has 0 saturated carbocycles. The van der Waals surface area contributed by atoms with E-state index in [0.717, 1.165) is 15.6 Å². The first kappa shape index (κ1) is 21.1. The van der Waals surface area contributed by atoms with Crippen LogP contribution in [0.3, 0.4) is 0 Å². The monoisotopic (exact) mass is 450 g/mol. The normalized spacial score (nSPS) is 11.9. The number of benzene rings is 1. The van der Waals surface area contributed by atoms with Gasteiger partial charge in [0.15, 0.2) is 10.9 Å². The van der Waals surface area contributed by atoms with Crippen molar-refractivity contribution in [2.75, 3.05) is 5.75 Å². The number of thioether (sulfide) groups is 1. The molecule has 1 aromatic carbocycles. The Hall–Kier alpha value is -3.10. The molecule has 3 aromatic heterocycles. The molecule has 1 unspecified atom stereocenters. The summed E-state index contributed by atoms with van der Waals surface area (Å²) in [5.41, 5.74) is 1.07. The average Bonchev–Trinajstić information content (AvgIpc) is 3.55. The highest BCUT2D eigenvalue weighted by molar-refractivity contribution is 7.99. The molecule has 8 heteroatoms. The van der Waals surface area contributed by atoms with E-state index in [0.29, 0.717) is 30.3 Å². The molecule has 3 heterocycles. The number of carbonyl (C=O) groups excluding carboxylic acids is 1. The zero-order valence-corrected chi connectivity index (χ0v) is 18.4. The van der Waals surface area contributed by atoms with E-state index in [9.17, 15) is 4.79 Å². The molecule has 6 nitrogen and oxygen atoms in total. The predicted molar refractivity (Wildman–Crippen MR) is 124 cm³/mol. The van der Waals surface area contributed by atoms with Gasteiger partial charge in [-0.2, -0.15) is 0 Å². The molecule has 158 valence electrons. The van der Waals surface area contributed by atoms with Gasteiger partial charge in [0.25, 0.3) is 0 Å². The maximum Gasteiger partial charge on any atom is 0.221 e. The molecule has 0 fully saturated rings. The van der Waals surface area contributed by atoms with Gasteiger partial charge in [-0.15, -0.1) is 28.1 Å². The SMILES string of the molecule is C=CCn1c(SCCC(=O)NC(c2ccccc2)c2cccs2)nnc1-c1ccco1. The lowest BCUT2D eigenvalue weighted by molar-refractivity contribution is -0.121. The Kier molecular flexibility index (Phi) is 7.01. The number of furan rings is 1. The molecular weight excluding hydrogens is 428 g/mol. The summed E-state index contributed by atoms with van der Waals surface area (Å²) in [6.07, 6.45) is 3.77. The lowest BCUT2D eigenvalue weighted by atomic mass is 10.1. The molecule has 1 atom stereocenters. The van der Waals surface area contributed by atoms with E-state index in [1.165, 1.54) is 11.8 Å². The van der Waals surface area contributed by atoms with E-state index < -0.39 is 0 Å². The van der Waals surface area contributed by atoms with E-state index in [1.807, 2.05) is 64.5 Å². The zero-order valence-electron chi connectivity index (χ0n) is 16.8.